The zero-order valence-corrected chi connectivity index (χ0v) is 35.9. The highest BCUT2D eigenvalue weighted by atomic mass is 35.5. The molecule has 6 rings (SSSR count). The van der Waals surface area contributed by atoms with E-state index in [2.05, 4.69) is 0 Å². The average Bonchev–Trinajstić information content (AvgIpc) is 3.25. The molecule has 0 aliphatic rings. The van der Waals surface area contributed by atoms with Gasteiger partial charge in [-0.3, -0.25) is 28.5 Å². The highest BCUT2D eigenvalue weighted by Gasteiger charge is 2.20. The molecule has 303 valence electrons. The quantitative estimate of drug-likeness (QED) is 0.166. The SMILES string of the molecule is C.COc1cc(-c2cn(C)c(=O)c3cc(F)ccc23)cc(Cl)c1C(=O)O.COc1cc(-c2cn(C)c(=O)c3cc(F)ccc23)cc(Cl)c1C=O.[B]B([B-])B([B])[B][B-].[B]B([B])B([B])[B][B-]. The summed E-state index contributed by atoms with van der Waals surface area (Å²) in [5.74, 6) is -1.78. The van der Waals surface area contributed by atoms with Crippen molar-refractivity contribution in [1.82, 2.24) is 9.13 Å². The van der Waals surface area contributed by atoms with Crippen LogP contribution in [-0.4, -0.2) is 142 Å². The van der Waals surface area contributed by atoms with Gasteiger partial charge in [0, 0.05) is 37.6 Å². The molecule has 0 fully saturated rings. The predicted octanol–water partition coefficient (Wildman–Crippen LogP) is 2.83. The van der Waals surface area contributed by atoms with Gasteiger partial charge in [0.25, 0.3) is 11.1 Å². The van der Waals surface area contributed by atoms with Crippen LogP contribution in [0.15, 0.2) is 82.6 Å². The number of carbonyl (C=O) groups is 2. The maximum Gasteiger partial charge on any atom is 0.341 e. The van der Waals surface area contributed by atoms with E-state index >= 15 is 0 Å². The highest BCUT2D eigenvalue weighted by molar-refractivity contribution is 7.82. The summed E-state index contributed by atoms with van der Waals surface area (Å²) >= 11 is 12.3. The van der Waals surface area contributed by atoms with Gasteiger partial charge >= 0.3 is 5.97 Å². The maximum absolute atomic E-state index is 13.6. The first-order valence-corrected chi connectivity index (χ1v) is 19.1. The van der Waals surface area contributed by atoms with E-state index in [0.717, 1.165) is 0 Å². The topological polar surface area (TPSA) is 117 Å². The third kappa shape index (κ3) is 13.7. The zero-order valence-electron chi connectivity index (χ0n) is 34.4. The molecule has 9 nitrogen and oxygen atoms in total. The zero-order chi connectivity index (χ0) is 47.5. The summed E-state index contributed by atoms with van der Waals surface area (Å²) in [6.07, 6.45) is 2.01. The minimum Gasteiger partial charge on any atom is -0.690 e. The molecule has 2 heterocycles. The Bertz CT molecular complexity index is 2720. The van der Waals surface area contributed by atoms with Gasteiger partial charge in [-0.05, 0) is 122 Å². The Morgan fingerprint density at radius 1 is 0.734 bits per heavy atom. The smallest absolute Gasteiger partial charge is 0.341 e. The summed E-state index contributed by atoms with van der Waals surface area (Å²) < 4.78 is 40.2. The fraction of sp³-hybridized carbons (Fsp3) is 0.135. The van der Waals surface area contributed by atoms with Gasteiger partial charge in [0.1, 0.15) is 28.7 Å². The number of aryl methyl sites for hydroxylation is 2. The molecule has 0 bridgehead atoms. The molecule has 64 heavy (non-hydrogen) atoms. The normalized spacial score (nSPS) is 9.98. The van der Waals surface area contributed by atoms with Gasteiger partial charge in [-0.1, -0.05) is 49.1 Å². The number of ether oxygens (including phenoxy) is 2. The third-order valence-electron chi connectivity index (χ3n) is 9.16. The minimum absolute atomic E-state index is 0. The van der Waals surface area contributed by atoms with Crippen LogP contribution in [0.4, 0.5) is 8.78 Å². The van der Waals surface area contributed by atoms with Crippen molar-refractivity contribution in [3.05, 3.63) is 127 Å². The van der Waals surface area contributed by atoms with E-state index in [-0.39, 0.29) is 69.0 Å². The lowest BCUT2D eigenvalue weighted by Crippen LogP contribution is -2.43. The molecule has 1 N–H and O–H groups in total. The van der Waals surface area contributed by atoms with E-state index in [1.165, 1.54) is 79.9 Å². The summed E-state index contributed by atoms with van der Waals surface area (Å²) in [5.41, 5.74) is 1.98. The van der Waals surface area contributed by atoms with Crippen molar-refractivity contribution < 1.29 is 33.0 Å². The van der Waals surface area contributed by atoms with Crippen LogP contribution in [0.25, 0.3) is 43.8 Å². The first-order chi connectivity index (χ1) is 29.6. The number of hydrogen-bond acceptors (Lipinski definition) is 6. The highest BCUT2D eigenvalue weighted by Crippen LogP contribution is 2.37. The second-order valence-corrected chi connectivity index (χ2v) is 14.3. The molecular weight excluding hydrogens is 845 g/mol. The molecule has 2 aromatic heterocycles. The summed E-state index contributed by atoms with van der Waals surface area (Å²) in [4.78, 5) is 47.0. The standard InChI is InChI=1S/C18H13ClFNO4.C18H13ClFNO3.CH4.2B7/c1-21-8-13(11-4-3-10(20)7-12(11)17(21)22)9-5-14(19)16(18(23)24)15(6-9)25-2;1-21-8-14(12-4-3-11(20)7-13(12)18(21)23)10-5-16(19)15(9-22)17(6-10)24-2;;2*1-5-7(4)6(2)3/h3-8H,1-2H3,(H,23,24);3-9H,1-2H3;1H4;;/q;;;-2;-1. The number of benzene rings is 4. The van der Waals surface area contributed by atoms with Gasteiger partial charge in [0.05, 0.1) is 40.6 Å². The Balaban J connectivity index is 0.000000336. The average molecular weight is 875 g/mol. The molecular formula is C37H30B14Cl2F2N2O7-3. The Morgan fingerprint density at radius 3 is 1.48 bits per heavy atom. The number of pyridine rings is 2. The number of aldehydes is 1. The van der Waals surface area contributed by atoms with Gasteiger partial charge in [-0.25, -0.2) is 20.0 Å². The number of rotatable bonds is 10. The van der Waals surface area contributed by atoms with Crippen LogP contribution in [-0.2, 0) is 14.1 Å². The van der Waals surface area contributed by atoms with Crippen LogP contribution in [0.2, 0.25) is 10.0 Å². The number of nitrogens with zero attached hydrogens (tertiary/aromatic N) is 2. The van der Waals surface area contributed by atoms with E-state index in [1.54, 1.807) is 44.7 Å². The number of carbonyl (C=O) groups excluding carboxylic acids is 1. The monoisotopic (exact) mass is 876 g/mol. The van der Waals surface area contributed by atoms with Gasteiger partial charge in [0.15, 0.2) is 6.29 Å². The first kappa shape index (κ1) is 55.5. The van der Waals surface area contributed by atoms with Gasteiger partial charge in [-0.15, -0.1) is 0 Å². The first-order valence-electron chi connectivity index (χ1n) is 18.3. The third-order valence-corrected chi connectivity index (χ3v) is 9.77. The van der Waals surface area contributed by atoms with Crippen molar-refractivity contribution in [3.8, 4) is 33.8 Å². The van der Waals surface area contributed by atoms with Crippen molar-refractivity contribution in [2.24, 2.45) is 14.1 Å². The second-order valence-electron chi connectivity index (χ2n) is 13.5. The van der Waals surface area contributed by atoms with E-state index < -0.39 is 30.4 Å². The number of carboxylic acids is 1. The Labute approximate surface area is 394 Å². The van der Waals surface area contributed by atoms with Gasteiger partial charge in [0.2, 0.25) is 0 Å². The number of fused-ring (bicyclic) bond motifs is 2. The van der Waals surface area contributed by atoms with E-state index in [0.29, 0.717) is 45.1 Å². The van der Waals surface area contributed by atoms with Crippen molar-refractivity contribution in [2.75, 3.05) is 14.2 Å². The molecule has 0 saturated heterocycles. The number of methoxy groups -OCH3 is 2. The summed E-state index contributed by atoms with van der Waals surface area (Å²) in [7, 11) is 49.1. The van der Waals surface area contributed by atoms with Gasteiger partial charge in [-0.2, -0.15) is 0 Å². The Hall–Kier alpha value is -4.61. The minimum atomic E-state index is -1.21. The lowest BCUT2D eigenvalue weighted by molar-refractivity contribution is 0.0693. The molecule has 21 radical (unpaired) electrons. The number of hydrogen-bond donors (Lipinski definition) is 1. The summed E-state index contributed by atoms with van der Waals surface area (Å²) in [5, 5.41) is 11.1. The largest absolute Gasteiger partial charge is 0.690 e. The molecule has 0 aliphatic carbocycles. The van der Waals surface area contributed by atoms with E-state index in [9.17, 15) is 33.1 Å². The number of aromatic carboxylic acids is 1. The Morgan fingerprint density at radius 2 is 1.16 bits per heavy atom. The van der Waals surface area contributed by atoms with Crippen LogP contribution >= 0.6 is 23.2 Å². The molecule has 0 spiro atoms. The summed E-state index contributed by atoms with van der Waals surface area (Å²) in [6, 6.07) is 14.3. The maximum atomic E-state index is 13.6. The molecule has 0 amide bonds. The van der Waals surface area contributed by atoms with Gasteiger partial charge < -0.3 is 46.9 Å². The number of carboxylic acid groups (broad SMARTS) is 1. The van der Waals surface area contributed by atoms with E-state index in [4.69, 9.17) is 94.6 Å². The molecule has 6 aromatic rings. The van der Waals surface area contributed by atoms with E-state index in [1.807, 2.05) is 0 Å². The molecule has 4 aromatic carbocycles. The Kier molecular flexibility index (Phi) is 21.8. The van der Waals surface area contributed by atoms with Crippen molar-refractivity contribution >= 4 is 159 Å². The van der Waals surface area contributed by atoms with Crippen molar-refractivity contribution in [1.29, 1.82) is 0 Å². The van der Waals surface area contributed by atoms with Crippen LogP contribution in [0, 0.1) is 11.6 Å². The fourth-order valence-electron chi connectivity index (χ4n) is 5.73. The molecule has 0 atom stereocenters. The van der Waals surface area contributed by atoms with Crippen LogP contribution in [0.3, 0.4) is 0 Å². The van der Waals surface area contributed by atoms with Crippen molar-refractivity contribution in [2.45, 2.75) is 7.43 Å². The van der Waals surface area contributed by atoms with Crippen molar-refractivity contribution in [3.63, 3.8) is 0 Å². The molecule has 0 unspecified atom stereocenters. The lowest BCUT2D eigenvalue weighted by Gasteiger charge is -2.27. The number of halogens is 4. The number of aromatic nitrogens is 2. The van der Waals surface area contributed by atoms with Crippen LogP contribution in [0.5, 0.6) is 11.5 Å². The van der Waals surface area contributed by atoms with Crippen LogP contribution in [0.1, 0.15) is 28.1 Å². The fourth-order valence-corrected chi connectivity index (χ4v) is 6.28. The lowest BCUT2D eigenvalue weighted by atomic mass is 8.76. The second kappa shape index (κ2) is 25.2. The summed E-state index contributed by atoms with van der Waals surface area (Å²) in [6.45, 7) is 0. The van der Waals surface area contributed by atoms with Crippen LogP contribution < -0.4 is 20.6 Å². The molecule has 27 heteroatoms. The molecule has 0 saturated carbocycles. The molecule has 0 aliphatic heterocycles. The predicted molar refractivity (Wildman–Crippen MR) is 272 cm³/mol.